The Morgan fingerprint density at radius 2 is 1.94 bits per heavy atom. The van der Waals surface area contributed by atoms with Crippen molar-refractivity contribution in [1.82, 2.24) is 5.32 Å². The summed E-state index contributed by atoms with van der Waals surface area (Å²) in [5.74, 6) is 0. The van der Waals surface area contributed by atoms with E-state index in [2.05, 4.69) is 50.4 Å². The van der Waals surface area contributed by atoms with Gasteiger partial charge < -0.3 is 5.32 Å². The molecule has 1 saturated carbocycles. The van der Waals surface area contributed by atoms with Crippen LogP contribution in [0.4, 0.5) is 0 Å². The van der Waals surface area contributed by atoms with Crippen molar-refractivity contribution in [2.75, 3.05) is 0 Å². The molecule has 94 valence electrons. The number of aryl methyl sites for hydroxylation is 1. The fraction of sp³-hybridized carbons (Fsp3) is 0.625. The second-order valence-corrected chi connectivity index (χ2v) is 5.94. The lowest BCUT2D eigenvalue weighted by Crippen LogP contribution is -2.37. The highest BCUT2D eigenvalue weighted by atomic mass is 14.9. The molecule has 1 aromatic rings. The van der Waals surface area contributed by atoms with Crippen molar-refractivity contribution in [3.63, 3.8) is 0 Å². The molecule has 0 heterocycles. The van der Waals surface area contributed by atoms with Crippen molar-refractivity contribution in [2.45, 2.75) is 59.0 Å². The summed E-state index contributed by atoms with van der Waals surface area (Å²) >= 11 is 0. The van der Waals surface area contributed by atoms with Crippen LogP contribution in [-0.4, -0.2) is 6.04 Å². The van der Waals surface area contributed by atoms with Gasteiger partial charge in [-0.15, -0.1) is 0 Å². The number of nitrogens with one attached hydrogen (secondary N) is 1. The zero-order valence-corrected chi connectivity index (χ0v) is 11.4. The maximum Gasteiger partial charge on any atom is 0.0211 e. The lowest BCUT2D eigenvalue weighted by molar-refractivity contribution is 0.282. The van der Waals surface area contributed by atoms with Crippen LogP contribution < -0.4 is 5.32 Å². The Balaban J connectivity index is 1.98. The van der Waals surface area contributed by atoms with Gasteiger partial charge in [-0.1, -0.05) is 51.5 Å². The predicted molar refractivity (Wildman–Crippen MR) is 74.1 cm³/mol. The first kappa shape index (κ1) is 12.6. The van der Waals surface area contributed by atoms with Gasteiger partial charge in [0.15, 0.2) is 0 Å². The fourth-order valence-corrected chi connectivity index (χ4v) is 3.01. The van der Waals surface area contributed by atoms with E-state index >= 15 is 0 Å². The Bertz CT molecular complexity index is 368. The first-order valence-corrected chi connectivity index (χ1v) is 6.93. The summed E-state index contributed by atoms with van der Waals surface area (Å²) in [5.41, 5.74) is 3.43. The highest BCUT2D eigenvalue weighted by Crippen LogP contribution is 2.37. The van der Waals surface area contributed by atoms with Crippen LogP contribution in [0, 0.1) is 5.41 Å². The third-order valence-electron chi connectivity index (χ3n) is 4.30. The molecular weight excluding hydrogens is 206 g/mol. The maximum atomic E-state index is 3.76. The molecule has 1 N–H and O–H groups in total. The van der Waals surface area contributed by atoms with E-state index in [0.29, 0.717) is 11.5 Å². The van der Waals surface area contributed by atoms with Gasteiger partial charge in [-0.2, -0.15) is 0 Å². The Hall–Kier alpha value is -0.820. The van der Waals surface area contributed by atoms with E-state index in [1.807, 2.05) is 0 Å². The summed E-state index contributed by atoms with van der Waals surface area (Å²) < 4.78 is 0. The SMILES string of the molecule is CCc1ccccc1CNC1CCCC1(C)C. The number of rotatable bonds is 4. The minimum Gasteiger partial charge on any atom is -0.309 e. The van der Waals surface area contributed by atoms with Gasteiger partial charge >= 0.3 is 0 Å². The summed E-state index contributed by atoms with van der Waals surface area (Å²) in [6.07, 6.45) is 5.20. The lowest BCUT2D eigenvalue weighted by atomic mass is 9.87. The highest BCUT2D eigenvalue weighted by molar-refractivity contribution is 5.27. The zero-order valence-electron chi connectivity index (χ0n) is 11.4. The van der Waals surface area contributed by atoms with Crippen molar-refractivity contribution in [1.29, 1.82) is 0 Å². The minimum atomic E-state index is 0.473. The molecule has 1 heteroatoms. The maximum absolute atomic E-state index is 3.76. The second kappa shape index (κ2) is 5.22. The van der Waals surface area contributed by atoms with Crippen molar-refractivity contribution in [3.05, 3.63) is 35.4 Å². The quantitative estimate of drug-likeness (QED) is 0.828. The van der Waals surface area contributed by atoms with Crippen molar-refractivity contribution >= 4 is 0 Å². The van der Waals surface area contributed by atoms with E-state index in [-0.39, 0.29) is 0 Å². The number of benzene rings is 1. The molecule has 2 rings (SSSR count). The molecule has 0 radical (unpaired) electrons. The van der Waals surface area contributed by atoms with E-state index in [1.54, 1.807) is 0 Å². The Labute approximate surface area is 106 Å². The topological polar surface area (TPSA) is 12.0 Å². The molecule has 1 aliphatic carbocycles. The van der Waals surface area contributed by atoms with E-state index < -0.39 is 0 Å². The molecule has 0 spiro atoms. The van der Waals surface area contributed by atoms with Crippen LogP contribution in [0.2, 0.25) is 0 Å². The first-order chi connectivity index (χ1) is 8.13. The predicted octanol–water partition coefficient (Wildman–Crippen LogP) is 3.92. The van der Waals surface area contributed by atoms with E-state index in [0.717, 1.165) is 13.0 Å². The smallest absolute Gasteiger partial charge is 0.0211 e. The molecule has 0 saturated heterocycles. The van der Waals surface area contributed by atoms with Crippen LogP contribution in [0.25, 0.3) is 0 Å². The molecule has 1 aliphatic rings. The lowest BCUT2D eigenvalue weighted by Gasteiger charge is -2.28. The molecule has 1 atom stereocenters. The number of hydrogen-bond donors (Lipinski definition) is 1. The standard InChI is InChI=1S/C16H25N/c1-4-13-8-5-6-9-14(13)12-17-15-10-7-11-16(15,2)3/h5-6,8-9,15,17H,4,7,10-12H2,1-3H3. The van der Waals surface area contributed by atoms with Gasteiger partial charge in [-0.3, -0.25) is 0 Å². The van der Waals surface area contributed by atoms with Gasteiger partial charge in [-0.25, -0.2) is 0 Å². The van der Waals surface area contributed by atoms with Gasteiger partial charge in [0.2, 0.25) is 0 Å². The van der Waals surface area contributed by atoms with Crippen LogP contribution in [0.15, 0.2) is 24.3 Å². The van der Waals surface area contributed by atoms with Crippen LogP contribution in [0.5, 0.6) is 0 Å². The minimum absolute atomic E-state index is 0.473. The van der Waals surface area contributed by atoms with Crippen LogP contribution in [-0.2, 0) is 13.0 Å². The molecular formula is C16H25N. The third-order valence-corrected chi connectivity index (χ3v) is 4.30. The summed E-state index contributed by atoms with van der Waals surface area (Å²) in [6, 6.07) is 9.48. The molecule has 17 heavy (non-hydrogen) atoms. The summed E-state index contributed by atoms with van der Waals surface area (Å²) in [4.78, 5) is 0. The van der Waals surface area contributed by atoms with Gasteiger partial charge in [-0.05, 0) is 35.8 Å². The van der Waals surface area contributed by atoms with Crippen LogP contribution in [0.3, 0.4) is 0 Å². The normalized spacial score (nSPS) is 22.9. The summed E-state index contributed by atoms with van der Waals surface area (Å²) in [6.45, 7) is 8.04. The first-order valence-electron chi connectivity index (χ1n) is 6.93. The largest absolute Gasteiger partial charge is 0.309 e. The van der Waals surface area contributed by atoms with Gasteiger partial charge in [0.1, 0.15) is 0 Å². The molecule has 0 aliphatic heterocycles. The van der Waals surface area contributed by atoms with E-state index in [1.165, 1.54) is 30.4 Å². The van der Waals surface area contributed by atoms with Crippen molar-refractivity contribution < 1.29 is 0 Å². The monoisotopic (exact) mass is 231 g/mol. The average molecular weight is 231 g/mol. The molecule has 0 bridgehead atoms. The van der Waals surface area contributed by atoms with Gasteiger partial charge in [0.25, 0.3) is 0 Å². The zero-order chi connectivity index (χ0) is 12.3. The van der Waals surface area contributed by atoms with E-state index in [4.69, 9.17) is 0 Å². The molecule has 1 fully saturated rings. The molecule has 0 aromatic heterocycles. The van der Waals surface area contributed by atoms with Gasteiger partial charge in [0, 0.05) is 12.6 Å². The van der Waals surface area contributed by atoms with Crippen molar-refractivity contribution in [3.8, 4) is 0 Å². The van der Waals surface area contributed by atoms with Crippen molar-refractivity contribution in [2.24, 2.45) is 5.41 Å². The Kier molecular flexibility index (Phi) is 3.88. The Morgan fingerprint density at radius 3 is 2.53 bits per heavy atom. The molecule has 1 unspecified atom stereocenters. The molecule has 1 nitrogen and oxygen atoms in total. The number of hydrogen-bond acceptors (Lipinski definition) is 1. The second-order valence-electron chi connectivity index (χ2n) is 5.94. The molecule has 0 amide bonds. The molecule has 1 aromatic carbocycles. The Morgan fingerprint density at radius 1 is 1.24 bits per heavy atom. The average Bonchev–Trinajstić information content (AvgIpc) is 2.66. The highest BCUT2D eigenvalue weighted by Gasteiger charge is 2.33. The van der Waals surface area contributed by atoms with Crippen LogP contribution >= 0.6 is 0 Å². The van der Waals surface area contributed by atoms with Crippen LogP contribution in [0.1, 0.15) is 51.2 Å². The third kappa shape index (κ3) is 2.90. The summed E-state index contributed by atoms with van der Waals surface area (Å²) in [7, 11) is 0. The fourth-order valence-electron chi connectivity index (χ4n) is 3.01. The van der Waals surface area contributed by atoms with Gasteiger partial charge in [0.05, 0.1) is 0 Å². The van der Waals surface area contributed by atoms with E-state index in [9.17, 15) is 0 Å². The summed E-state index contributed by atoms with van der Waals surface area (Å²) in [5, 5.41) is 3.76.